The molecule has 35 heavy (non-hydrogen) atoms. The Labute approximate surface area is 199 Å². The van der Waals surface area contributed by atoms with E-state index in [9.17, 15) is 32.7 Å². The molecule has 1 unspecified atom stereocenters. The summed E-state index contributed by atoms with van der Waals surface area (Å²) in [4.78, 5) is 35.9. The van der Waals surface area contributed by atoms with E-state index in [4.69, 9.17) is 4.74 Å². The normalized spacial score (nSPS) is 20.0. The second kappa shape index (κ2) is 9.97. The van der Waals surface area contributed by atoms with Gasteiger partial charge in [0, 0.05) is 18.5 Å². The predicted octanol–water partition coefficient (Wildman–Crippen LogP) is 4.07. The highest BCUT2D eigenvalue weighted by atomic mass is 19.4. The minimum absolute atomic E-state index is 0.0783. The van der Waals surface area contributed by atoms with Crippen molar-refractivity contribution in [2.75, 3.05) is 13.2 Å². The molecule has 2 aliphatic carbocycles. The van der Waals surface area contributed by atoms with Crippen molar-refractivity contribution in [3.8, 4) is 11.1 Å². The number of hydrogen-bond donors (Lipinski definition) is 3. The van der Waals surface area contributed by atoms with Gasteiger partial charge in [-0.1, -0.05) is 55.0 Å². The van der Waals surface area contributed by atoms with Crippen molar-refractivity contribution in [2.24, 2.45) is 11.8 Å². The first-order valence-electron chi connectivity index (χ1n) is 11.4. The average molecular weight is 490 g/mol. The Morgan fingerprint density at radius 2 is 1.60 bits per heavy atom. The smallest absolute Gasteiger partial charge is 0.407 e. The summed E-state index contributed by atoms with van der Waals surface area (Å²) in [5.74, 6) is -6.24. The van der Waals surface area contributed by atoms with Gasteiger partial charge in [-0.25, -0.2) is 4.79 Å². The molecule has 3 N–H and O–H groups in total. The van der Waals surface area contributed by atoms with E-state index in [0.717, 1.165) is 22.3 Å². The maximum absolute atomic E-state index is 13.5. The molecule has 2 aliphatic rings. The van der Waals surface area contributed by atoms with Crippen LogP contribution in [0.3, 0.4) is 0 Å². The van der Waals surface area contributed by atoms with Gasteiger partial charge in [-0.3, -0.25) is 9.59 Å². The number of carbonyl (C=O) groups is 3. The zero-order valence-corrected chi connectivity index (χ0v) is 18.7. The van der Waals surface area contributed by atoms with Gasteiger partial charge < -0.3 is 20.5 Å². The first-order valence-corrected chi connectivity index (χ1v) is 11.4. The summed E-state index contributed by atoms with van der Waals surface area (Å²) in [6.07, 6.45) is -4.94. The lowest BCUT2D eigenvalue weighted by Gasteiger charge is -2.24. The Kier molecular flexibility index (Phi) is 7.00. The molecule has 2 aromatic carbocycles. The van der Waals surface area contributed by atoms with E-state index in [-0.39, 0.29) is 25.4 Å². The Balaban J connectivity index is 1.36. The number of benzene rings is 2. The number of aliphatic carboxylic acids is 1. The summed E-state index contributed by atoms with van der Waals surface area (Å²) in [5, 5.41) is 13.4. The van der Waals surface area contributed by atoms with Crippen LogP contribution in [-0.2, 0) is 14.3 Å². The maximum Gasteiger partial charge on any atom is 0.407 e. The van der Waals surface area contributed by atoms with Crippen molar-refractivity contribution in [3.63, 3.8) is 0 Å². The molecule has 0 bridgehead atoms. The van der Waals surface area contributed by atoms with Crippen molar-refractivity contribution in [2.45, 2.75) is 37.4 Å². The summed E-state index contributed by atoms with van der Waals surface area (Å²) in [6, 6.07) is 14.4. The minimum atomic E-state index is -4.93. The lowest BCUT2D eigenvalue weighted by Crippen LogP contribution is -2.50. The fraction of sp³-hybridized carbons (Fsp3) is 0.400. The molecular weight excluding hydrogens is 465 g/mol. The second-order valence-corrected chi connectivity index (χ2v) is 8.79. The Morgan fingerprint density at radius 3 is 2.17 bits per heavy atom. The quantitative estimate of drug-likeness (QED) is 0.543. The molecule has 7 nitrogen and oxygen atoms in total. The number of hydrogen-bond acceptors (Lipinski definition) is 4. The molecular formula is C25H25F3N2O5. The van der Waals surface area contributed by atoms with Crippen molar-refractivity contribution in [1.82, 2.24) is 10.6 Å². The van der Waals surface area contributed by atoms with Gasteiger partial charge in [0.15, 0.2) is 5.92 Å². The SMILES string of the molecule is O=C(NCC(C(=O)N[C@@H]1CCC[C@@H]1C(=O)O)C(F)(F)F)OCC1c2ccccc2-c2ccccc21. The first-order chi connectivity index (χ1) is 16.7. The van der Waals surface area contributed by atoms with Crippen molar-refractivity contribution < 1.29 is 37.4 Å². The summed E-state index contributed by atoms with van der Waals surface area (Å²) in [7, 11) is 0. The van der Waals surface area contributed by atoms with Gasteiger partial charge >= 0.3 is 18.2 Å². The van der Waals surface area contributed by atoms with E-state index >= 15 is 0 Å². The van der Waals surface area contributed by atoms with E-state index in [1.165, 1.54) is 0 Å². The number of carboxylic acids is 1. The van der Waals surface area contributed by atoms with Gasteiger partial charge in [-0.15, -0.1) is 0 Å². The van der Waals surface area contributed by atoms with Gasteiger partial charge in [0.2, 0.25) is 5.91 Å². The molecule has 0 saturated heterocycles. The lowest BCUT2D eigenvalue weighted by atomic mass is 9.98. The number of nitrogens with one attached hydrogen (secondary N) is 2. The molecule has 4 rings (SSSR count). The molecule has 186 valence electrons. The molecule has 2 amide bonds. The number of halogens is 3. The number of alkyl carbamates (subject to hydrolysis) is 1. The van der Waals surface area contributed by atoms with Crippen LogP contribution in [0.2, 0.25) is 0 Å². The van der Waals surface area contributed by atoms with Gasteiger partial charge in [-0.05, 0) is 35.1 Å². The molecule has 2 aromatic rings. The van der Waals surface area contributed by atoms with Crippen LogP contribution in [0.15, 0.2) is 48.5 Å². The molecule has 0 aromatic heterocycles. The molecule has 0 spiro atoms. The number of carboxylic acid groups (broad SMARTS) is 1. The Morgan fingerprint density at radius 1 is 1.00 bits per heavy atom. The molecule has 0 heterocycles. The third-order valence-electron chi connectivity index (χ3n) is 6.67. The second-order valence-electron chi connectivity index (χ2n) is 8.79. The molecule has 0 radical (unpaired) electrons. The highest BCUT2D eigenvalue weighted by molar-refractivity contribution is 5.82. The van der Waals surface area contributed by atoms with Gasteiger partial charge in [0.25, 0.3) is 0 Å². The highest BCUT2D eigenvalue weighted by Gasteiger charge is 2.46. The lowest BCUT2D eigenvalue weighted by molar-refractivity contribution is -0.181. The zero-order chi connectivity index (χ0) is 25.2. The Hall–Kier alpha value is -3.56. The fourth-order valence-electron chi connectivity index (χ4n) is 4.90. The summed E-state index contributed by atoms with van der Waals surface area (Å²) in [6.45, 7) is -1.10. The van der Waals surface area contributed by atoms with Gasteiger partial charge in [0.05, 0.1) is 5.92 Å². The summed E-state index contributed by atoms with van der Waals surface area (Å²) < 4.78 is 45.9. The van der Waals surface area contributed by atoms with Crippen LogP contribution >= 0.6 is 0 Å². The minimum Gasteiger partial charge on any atom is -0.481 e. The zero-order valence-electron chi connectivity index (χ0n) is 18.7. The van der Waals surface area contributed by atoms with Crippen LogP contribution in [0.4, 0.5) is 18.0 Å². The Bertz CT molecular complexity index is 1070. The van der Waals surface area contributed by atoms with Crippen LogP contribution in [0.5, 0.6) is 0 Å². The van der Waals surface area contributed by atoms with E-state index < -0.39 is 48.6 Å². The number of alkyl halides is 3. The van der Waals surface area contributed by atoms with Crippen molar-refractivity contribution in [3.05, 3.63) is 59.7 Å². The van der Waals surface area contributed by atoms with E-state index in [1.807, 2.05) is 53.8 Å². The molecule has 1 saturated carbocycles. The molecule has 0 aliphatic heterocycles. The number of rotatable bonds is 7. The van der Waals surface area contributed by atoms with E-state index in [1.54, 1.807) is 0 Å². The summed E-state index contributed by atoms with van der Waals surface area (Å²) in [5.41, 5.74) is 3.94. The van der Waals surface area contributed by atoms with Gasteiger partial charge in [0.1, 0.15) is 6.61 Å². The van der Waals surface area contributed by atoms with Crippen LogP contribution in [0.1, 0.15) is 36.3 Å². The molecule has 3 atom stereocenters. The highest BCUT2D eigenvalue weighted by Crippen LogP contribution is 2.44. The van der Waals surface area contributed by atoms with Crippen LogP contribution in [0.25, 0.3) is 11.1 Å². The largest absolute Gasteiger partial charge is 0.481 e. The average Bonchev–Trinajstić information content (AvgIpc) is 3.39. The maximum atomic E-state index is 13.5. The molecule has 1 fully saturated rings. The third kappa shape index (κ3) is 5.26. The number of ether oxygens (including phenoxy) is 1. The standard InChI is InChI=1S/C25H25F3N2O5/c26-25(27,28)20(22(31)30-21-11-5-10-18(21)23(32)33)12-29-24(34)35-13-19-16-8-3-1-6-14(16)15-7-2-4-9-17(15)19/h1-4,6-9,18-21H,5,10-13H2,(H,29,34)(H,30,31)(H,32,33)/t18-,20?,21+/m0/s1. The number of amides is 2. The van der Waals surface area contributed by atoms with Crippen LogP contribution in [0, 0.1) is 11.8 Å². The monoisotopic (exact) mass is 490 g/mol. The van der Waals surface area contributed by atoms with Crippen LogP contribution < -0.4 is 10.6 Å². The fourth-order valence-corrected chi connectivity index (χ4v) is 4.90. The molecule has 10 heteroatoms. The van der Waals surface area contributed by atoms with E-state index in [2.05, 4.69) is 5.32 Å². The summed E-state index contributed by atoms with van der Waals surface area (Å²) >= 11 is 0. The topological polar surface area (TPSA) is 105 Å². The van der Waals surface area contributed by atoms with Crippen LogP contribution in [-0.4, -0.2) is 48.4 Å². The first kappa shape index (κ1) is 24.6. The van der Waals surface area contributed by atoms with Crippen molar-refractivity contribution >= 4 is 18.0 Å². The third-order valence-corrected chi connectivity index (χ3v) is 6.67. The predicted molar refractivity (Wildman–Crippen MR) is 120 cm³/mol. The van der Waals surface area contributed by atoms with E-state index in [0.29, 0.717) is 6.42 Å². The number of fused-ring (bicyclic) bond motifs is 3. The van der Waals surface area contributed by atoms with Gasteiger partial charge in [-0.2, -0.15) is 13.2 Å². The number of carbonyl (C=O) groups excluding carboxylic acids is 2. The van der Waals surface area contributed by atoms with Crippen molar-refractivity contribution in [1.29, 1.82) is 0 Å².